The van der Waals surface area contributed by atoms with E-state index in [2.05, 4.69) is 4.72 Å². The predicted molar refractivity (Wildman–Crippen MR) is 72.6 cm³/mol. The second-order valence-corrected chi connectivity index (χ2v) is 6.40. The van der Waals surface area contributed by atoms with Crippen molar-refractivity contribution < 1.29 is 8.42 Å². The molecule has 0 spiro atoms. The second-order valence-electron chi connectivity index (χ2n) is 4.38. The monoisotopic (exact) mass is 288 g/mol. The number of nitrogens with one attached hydrogen (secondary N) is 1. The highest BCUT2D eigenvalue weighted by molar-refractivity contribution is 7.87. The summed E-state index contributed by atoms with van der Waals surface area (Å²) in [7, 11) is -3.32. The molecule has 0 unspecified atom stereocenters. The topological polar surface area (TPSA) is 49.4 Å². The molecule has 6 heteroatoms. The fourth-order valence-electron chi connectivity index (χ4n) is 1.94. The van der Waals surface area contributed by atoms with Crippen LogP contribution in [0.15, 0.2) is 24.3 Å². The third-order valence-corrected chi connectivity index (χ3v) is 4.90. The number of nitrogens with zero attached hydrogens (tertiary/aromatic N) is 1. The quantitative estimate of drug-likeness (QED) is 0.841. The zero-order chi connectivity index (χ0) is 13.0. The van der Waals surface area contributed by atoms with Gasteiger partial charge in [-0.05, 0) is 24.0 Å². The first-order valence-corrected chi connectivity index (χ1v) is 7.98. The van der Waals surface area contributed by atoms with E-state index in [-0.39, 0.29) is 0 Å². The number of rotatable bonds is 5. The van der Waals surface area contributed by atoms with E-state index >= 15 is 0 Å². The van der Waals surface area contributed by atoms with Crippen LogP contribution >= 0.6 is 11.6 Å². The zero-order valence-corrected chi connectivity index (χ0v) is 11.7. The first kappa shape index (κ1) is 13.8. The van der Waals surface area contributed by atoms with Gasteiger partial charge >= 0.3 is 0 Å². The number of hydrogen-bond donors (Lipinski definition) is 1. The molecule has 100 valence electrons. The molecule has 2 rings (SSSR count). The van der Waals surface area contributed by atoms with Gasteiger partial charge in [0.1, 0.15) is 0 Å². The second kappa shape index (κ2) is 6.02. The molecule has 0 aliphatic carbocycles. The molecule has 0 amide bonds. The van der Waals surface area contributed by atoms with E-state index in [1.807, 2.05) is 24.3 Å². The van der Waals surface area contributed by atoms with Gasteiger partial charge in [0.2, 0.25) is 0 Å². The Morgan fingerprint density at radius 3 is 2.22 bits per heavy atom. The smallest absolute Gasteiger partial charge is 0.198 e. The Morgan fingerprint density at radius 2 is 1.67 bits per heavy atom. The predicted octanol–water partition coefficient (Wildman–Crippen LogP) is 1.86. The van der Waals surface area contributed by atoms with Crippen LogP contribution in [0, 0.1) is 0 Å². The minimum Gasteiger partial charge on any atom is -0.198 e. The van der Waals surface area contributed by atoms with E-state index in [4.69, 9.17) is 11.6 Å². The van der Waals surface area contributed by atoms with Crippen LogP contribution in [0.5, 0.6) is 0 Å². The van der Waals surface area contributed by atoms with Gasteiger partial charge in [0, 0.05) is 25.5 Å². The molecule has 1 aliphatic heterocycles. The van der Waals surface area contributed by atoms with E-state index in [1.54, 1.807) is 0 Å². The first-order valence-electron chi connectivity index (χ1n) is 6.00. The van der Waals surface area contributed by atoms with Crippen LogP contribution in [0.25, 0.3) is 0 Å². The van der Waals surface area contributed by atoms with Crippen molar-refractivity contribution in [3.63, 3.8) is 0 Å². The van der Waals surface area contributed by atoms with Gasteiger partial charge in [0.15, 0.2) is 0 Å². The molecule has 1 N–H and O–H groups in total. The molecule has 1 fully saturated rings. The lowest BCUT2D eigenvalue weighted by atomic mass is 10.1. The fourth-order valence-corrected chi connectivity index (χ4v) is 3.39. The summed E-state index contributed by atoms with van der Waals surface area (Å²) in [6.07, 6.45) is 1.90. The Hall–Kier alpha value is -0.620. The average Bonchev–Trinajstić information content (AvgIpc) is 2.92. The van der Waals surface area contributed by atoms with Gasteiger partial charge < -0.3 is 0 Å². The Balaban J connectivity index is 1.93. The van der Waals surface area contributed by atoms with Gasteiger partial charge in [0.25, 0.3) is 10.2 Å². The minimum atomic E-state index is -3.32. The fraction of sp³-hybridized carbons (Fsp3) is 0.500. The molecule has 1 saturated heterocycles. The highest BCUT2D eigenvalue weighted by Crippen LogP contribution is 2.12. The summed E-state index contributed by atoms with van der Waals surface area (Å²) in [5, 5.41) is 0. The highest BCUT2D eigenvalue weighted by Gasteiger charge is 2.24. The number of alkyl halides is 1. The van der Waals surface area contributed by atoms with Crippen molar-refractivity contribution in [3.8, 4) is 0 Å². The standard InChI is InChI=1S/C12H17ClN2O2S/c13-9-11-3-5-12(6-4-11)10-14-18(16,17)15-7-1-2-8-15/h3-6,14H,1-2,7-10H2. The lowest BCUT2D eigenvalue weighted by molar-refractivity contribution is 0.464. The molecule has 0 bridgehead atoms. The van der Waals surface area contributed by atoms with Crippen LogP contribution in [-0.2, 0) is 22.6 Å². The summed E-state index contributed by atoms with van der Waals surface area (Å²) >= 11 is 5.70. The molecule has 0 aromatic heterocycles. The summed E-state index contributed by atoms with van der Waals surface area (Å²) in [4.78, 5) is 0. The molecule has 1 aromatic rings. The summed E-state index contributed by atoms with van der Waals surface area (Å²) in [5.41, 5.74) is 1.97. The van der Waals surface area contributed by atoms with Crippen molar-refractivity contribution in [3.05, 3.63) is 35.4 Å². The molecule has 0 saturated carbocycles. The third-order valence-electron chi connectivity index (χ3n) is 3.04. The Kier molecular flexibility index (Phi) is 4.61. The van der Waals surface area contributed by atoms with Crippen molar-refractivity contribution in [2.75, 3.05) is 13.1 Å². The molecule has 18 heavy (non-hydrogen) atoms. The minimum absolute atomic E-state index is 0.321. The molecule has 1 heterocycles. The lowest BCUT2D eigenvalue weighted by Gasteiger charge is -2.16. The maximum absolute atomic E-state index is 11.9. The van der Waals surface area contributed by atoms with E-state index in [9.17, 15) is 8.42 Å². The van der Waals surface area contributed by atoms with Crippen molar-refractivity contribution in [1.82, 2.24) is 9.03 Å². The van der Waals surface area contributed by atoms with Crippen LogP contribution in [0.3, 0.4) is 0 Å². The van der Waals surface area contributed by atoms with Crippen LogP contribution in [0.4, 0.5) is 0 Å². The molecular weight excluding hydrogens is 272 g/mol. The zero-order valence-electron chi connectivity index (χ0n) is 10.1. The maximum Gasteiger partial charge on any atom is 0.279 e. The summed E-state index contributed by atoms with van der Waals surface area (Å²) < 4.78 is 28.0. The third kappa shape index (κ3) is 3.45. The van der Waals surface area contributed by atoms with E-state index < -0.39 is 10.2 Å². The number of halogens is 1. The lowest BCUT2D eigenvalue weighted by Crippen LogP contribution is -2.38. The van der Waals surface area contributed by atoms with Gasteiger partial charge in [-0.1, -0.05) is 24.3 Å². The molecule has 0 radical (unpaired) electrons. The van der Waals surface area contributed by atoms with Crippen molar-refractivity contribution in [2.45, 2.75) is 25.3 Å². The van der Waals surface area contributed by atoms with Crippen LogP contribution < -0.4 is 4.72 Å². The average molecular weight is 289 g/mol. The van der Waals surface area contributed by atoms with Crippen LogP contribution in [-0.4, -0.2) is 25.8 Å². The normalized spacial score (nSPS) is 17.2. The molecule has 1 aromatic carbocycles. The van der Waals surface area contributed by atoms with Gasteiger partial charge in [-0.25, -0.2) is 0 Å². The summed E-state index contributed by atoms with van der Waals surface area (Å²) in [6, 6.07) is 7.60. The summed E-state index contributed by atoms with van der Waals surface area (Å²) in [5.74, 6) is 0.472. The van der Waals surface area contributed by atoms with E-state index in [0.717, 1.165) is 24.0 Å². The van der Waals surface area contributed by atoms with Crippen LogP contribution in [0.2, 0.25) is 0 Å². The molecular formula is C12H17ClN2O2S. The number of hydrogen-bond acceptors (Lipinski definition) is 2. The Morgan fingerprint density at radius 1 is 1.11 bits per heavy atom. The Labute approximate surface area is 113 Å². The van der Waals surface area contributed by atoms with Crippen molar-refractivity contribution >= 4 is 21.8 Å². The SMILES string of the molecule is O=S(=O)(NCc1ccc(CCl)cc1)N1CCCC1. The van der Waals surface area contributed by atoms with E-state index in [1.165, 1.54) is 4.31 Å². The van der Waals surface area contributed by atoms with Gasteiger partial charge in [0.05, 0.1) is 0 Å². The first-order chi connectivity index (χ1) is 8.62. The highest BCUT2D eigenvalue weighted by atomic mass is 35.5. The summed E-state index contributed by atoms with van der Waals surface area (Å²) in [6.45, 7) is 1.57. The molecule has 4 nitrogen and oxygen atoms in total. The number of benzene rings is 1. The largest absolute Gasteiger partial charge is 0.279 e. The maximum atomic E-state index is 11.9. The Bertz CT molecular complexity index is 481. The van der Waals surface area contributed by atoms with E-state index in [0.29, 0.717) is 25.5 Å². The van der Waals surface area contributed by atoms with Crippen LogP contribution in [0.1, 0.15) is 24.0 Å². The van der Waals surface area contributed by atoms with Gasteiger partial charge in [-0.15, -0.1) is 11.6 Å². The van der Waals surface area contributed by atoms with Crippen molar-refractivity contribution in [1.29, 1.82) is 0 Å². The van der Waals surface area contributed by atoms with Gasteiger partial charge in [-0.2, -0.15) is 17.4 Å². The van der Waals surface area contributed by atoms with Gasteiger partial charge in [-0.3, -0.25) is 0 Å². The molecule has 0 atom stereocenters. The van der Waals surface area contributed by atoms with Crippen molar-refractivity contribution in [2.24, 2.45) is 0 Å². The molecule has 1 aliphatic rings.